The predicted molar refractivity (Wildman–Crippen MR) is 97.2 cm³/mol. The maximum absolute atomic E-state index is 12.6. The molecule has 2 heterocycles. The number of benzene rings is 1. The number of aryl methyl sites for hydroxylation is 1. The van der Waals surface area contributed by atoms with Crippen LogP contribution >= 0.6 is 0 Å². The average Bonchev–Trinajstić information content (AvgIpc) is 2.93. The Kier molecular flexibility index (Phi) is 6.05. The smallest absolute Gasteiger partial charge is 0.230 e. The molecule has 0 spiro atoms. The van der Waals surface area contributed by atoms with Crippen molar-refractivity contribution < 1.29 is 18.8 Å². The highest BCUT2D eigenvalue weighted by Gasteiger charge is 2.23. The fourth-order valence-corrected chi connectivity index (χ4v) is 3.11. The summed E-state index contributed by atoms with van der Waals surface area (Å²) in [5.74, 6) is 1.65. The number of methoxy groups -OCH3 is 1. The molecule has 8 heteroatoms. The zero-order valence-corrected chi connectivity index (χ0v) is 15.7. The van der Waals surface area contributed by atoms with E-state index in [1.807, 2.05) is 29.2 Å². The maximum atomic E-state index is 12.6. The summed E-state index contributed by atoms with van der Waals surface area (Å²) in [5.41, 5.74) is 0.949. The Morgan fingerprint density at radius 2 is 1.67 bits per heavy atom. The summed E-state index contributed by atoms with van der Waals surface area (Å²) in [6.45, 7) is 4.03. The first-order valence-corrected chi connectivity index (χ1v) is 9.03. The molecule has 1 aromatic carbocycles. The van der Waals surface area contributed by atoms with Gasteiger partial charge in [-0.25, -0.2) is 0 Å². The van der Waals surface area contributed by atoms with Crippen LogP contribution in [-0.2, 0) is 22.4 Å². The molecule has 8 nitrogen and oxygen atoms in total. The van der Waals surface area contributed by atoms with E-state index >= 15 is 0 Å². The minimum Gasteiger partial charge on any atom is -0.497 e. The Morgan fingerprint density at radius 1 is 1.04 bits per heavy atom. The molecule has 1 saturated heterocycles. The van der Waals surface area contributed by atoms with Crippen LogP contribution in [0.2, 0.25) is 0 Å². The fourth-order valence-electron chi connectivity index (χ4n) is 3.11. The summed E-state index contributed by atoms with van der Waals surface area (Å²) in [4.78, 5) is 32.7. The number of rotatable bonds is 5. The Bertz CT molecular complexity index is 787. The summed E-state index contributed by atoms with van der Waals surface area (Å²) in [7, 11) is 1.62. The summed E-state index contributed by atoms with van der Waals surface area (Å²) in [5, 5.41) is 3.77. The normalized spacial score (nSPS) is 14.7. The van der Waals surface area contributed by atoms with Crippen molar-refractivity contribution in [1.82, 2.24) is 19.9 Å². The molecule has 0 N–H and O–H groups in total. The molecule has 0 bridgehead atoms. The molecule has 27 heavy (non-hydrogen) atoms. The minimum absolute atomic E-state index is 0.0414. The van der Waals surface area contributed by atoms with Gasteiger partial charge in [-0.15, -0.1) is 0 Å². The minimum atomic E-state index is -0.0414. The molecule has 3 rings (SSSR count). The van der Waals surface area contributed by atoms with Crippen LogP contribution in [0.1, 0.15) is 23.7 Å². The number of ether oxygens (including phenoxy) is 1. The van der Waals surface area contributed by atoms with Crippen LogP contribution in [0.4, 0.5) is 0 Å². The van der Waals surface area contributed by atoms with Crippen molar-refractivity contribution in [3.8, 4) is 5.75 Å². The summed E-state index contributed by atoms with van der Waals surface area (Å²) in [6, 6.07) is 7.50. The van der Waals surface area contributed by atoms with Gasteiger partial charge >= 0.3 is 0 Å². The molecule has 2 amide bonds. The lowest BCUT2D eigenvalue weighted by Crippen LogP contribution is -2.38. The van der Waals surface area contributed by atoms with Crippen LogP contribution in [0.3, 0.4) is 0 Å². The van der Waals surface area contributed by atoms with E-state index in [4.69, 9.17) is 9.26 Å². The zero-order chi connectivity index (χ0) is 19.2. The van der Waals surface area contributed by atoms with Gasteiger partial charge in [0.2, 0.25) is 17.7 Å². The van der Waals surface area contributed by atoms with Crippen LogP contribution in [-0.4, -0.2) is 65.0 Å². The monoisotopic (exact) mass is 372 g/mol. The maximum Gasteiger partial charge on any atom is 0.230 e. The van der Waals surface area contributed by atoms with E-state index in [1.165, 1.54) is 0 Å². The van der Waals surface area contributed by atoms with Gasteiger partial charge in [-0.2, -0.15) is 4.98 Å². The second-order valence-electron chi connectivity index (χ2n) is 6.55. The van der Waals surface area contributed by atoms with Crippen LogP contribution in [0.15, 0.2) is 28.8 Å². The molecule has 0 aliphatic carbocycles. The van der Waals surface area contributed by atoms with Gasteiger partial charge in [-0.3, -0.25) is 9.59 Å². The van der Waals surface area contributed by atoms with E-state index in [2.05, 4.69) is 10.1 Å². The topological polar surface area (TPSA) is 88.8 Å². The number of carbonyl (C=O) groups excluding carboxylic acids is 2. The third kappa shape index (κ3) is 5.06. The van der Waals surface area contributed by atoms with Gasteiger partial charge in [-0.05, 0) is 24.1 Å². The Balaban J connectivity index is 1.52. The van der Waals surface area contributed by atoms with Crippen molar-refractivity contribution in [1.29, 1.82) is 0 Å². The van der Waals surface area contributed by atoms with Crippen LogP contribution in [0.5, 0.6) is 5.75 Å². The van der Waals surface area contributed by atoms with Crippen molar-refractivity contribution in [3.63, 3.8) is 0 Å². The molecule has 1 aliphatic heterocycles. The molecule has 1 aliphatic rings. The third-order valence-corrected chi connectivity index (χ3v) is 4.59. The highest BCUT2D eigenvalue weighted by Crippen LogP contribution is 2.13. The lowest BCUT2D eigenvalue weighted by Gasteiger charge is -2.22. The predicted octanol–water partition coefficient (Wildman–Crippen LogP) is 1.23. The number of nitrogens with zero attached hydrogens (tertiary/aromatic N) is 4. The first kappa shape index (κ1) is 18.9. The molecule has 144 valence electrons. The van der Waals surface area contributed by atoms with E-state index in [9.17, 15) is 9.59 Å². The molecule has 0 unspecified atom stereocenters. The van der Waals surface area contributed by atoms with Gasteiger partial charge in [0.1, 0.15) is 5.75 Å². The first-order chi connectivity index (χ1) is 13.0. The lowest BCUT2D eigenvalue weighted by molar-refractivity contribution is -0.132. The molecule has 1 fully saturated rings. The summed E-state index contributed by atoms with van der Waals surface area (Å²) >= 11 is 0. The largest absolute Gasteiger partial charge is 0.497 e. The first-order valence-electron chi connectivity index (χ1n) is 9.03. The van der Waals surface area contributed by atoms with Crippen LogP contribution in [0.25, 0.3) is 0 Å². The van der Waals surface area contributed by atoms with Gasteiger partial charge in [0.05, 0.1) is 20.0 Å². The van der Waals surface area contributed by atoms with Crippen LogP contribution < -0.4 is 4.74 Å². The van der Waals surface area contributed by atoms with Gasteiger partial charge in [0.15, 0.2) is 5.82 Å². The average molecular weight is 372 g/mol. The zero-order valence-electron chi connectivity index (χ0n) is 15.7. The van der Waals surface area contributed by atoms with Crippen molar-refractivity contribution in [2.24, 2.45) is 0 Å². The highest BCUT2D eigenvalue weighted by molar-refractivity contribution is 5.80. The van der Waals surface area contributed by atoms with Crippen molar-refractivity contribution in [2.75, 3.05) is 33.3 Å². The molecular weight excluding hydrogens is 348 g/mol. The standard InChI is InChI=1S/C19H24N4O4/c1-14-20-17(21-27-14)13-19(25)23-9-3-8-22(10-11-23)18(24)12-15-4-6-16(26-2)7-5-15/h4-7H,3,8-13H2,1-2H3. The van der Waals surface area contributed by atoms with Crippen molar-refractivity contribution >= 4 is 11.8 Å². The second-order valence-corrected chi connectivity index (χ2v) is 6.55. The molecule has 2 aromatic rings. The quantitative estimate of drug-likeness (QED) is 0.784. The Labute approximate surface area is 158 Å². The Hall–Kier alpha value is -2.90. The van der Waals surface area contributed by atoms with Crippen molar-refractivity contribution in [2.45, 2.75) is 26.2 Å². The number of amides is 2. The van der Waals surface area contributed by atoms with Crippen molar-refractivity contribution in [3.05, 3.63) is 41.5 Å². The number of carbonyl (C=O) groups is 2. The van der Waals surface area contributed by atoms with Gasteiger partial charge in [0, 0.05) is 33.1 Å². The van der Waals surface area contributed by atoms with E-state index in [-0.39, 0.29) is 18.2 Å². The molecule has 0 atom stereocenters. The second kappa shape index (κ2) is 8.66. The van der Waals surface area contributed by atoms with Gasteiger partial charge < -0.3 is 19.1 Å². The van der Waals surface area contributed by atoms with E-state index in [0.29, 0.717) is 44.3 Å². The number of aromatic nitrogens is 2. The molecule has 1 aromatic heterocycles. The van der Waals surface area contributed by atoms with E-state index in [0.717, 1.165) is 17.7 Å². The molecule has 0 radical (unpaired) electrons. The van der Waals surface area contributed by atoms with Crippen LogP contribution in [0, 0.1) is 6.92 Å². The third-order valence-electron chi connectivity index (χ3n) is 4.59. The lowest BCUT2D eigenvalue weighted by atomic mass is 10.1. The molecular formula is C19H24N4O4. The Morgan fingerprint density at radius 3 is 2.22 bits per heavy atom. The SMILES string of the molecule is COc1ccc(CC(=O)N2CCCN(C(=O)Cc3noc(C)n3)CC2)cc1. The highest BCUT2D eigenvalue weighted by atomic mass is 16.5. The molecule has 0 saturated carbocycles. The summed E-state index contributed by atoms with van der Waals surface area (Å²) in [6.07, 6.45) is 1.22. The van der Waals surface area contributed by atoms with E-state index in [1.54, 1.807) is 18.9 Å². The number of hydrogen-bond acceptors (Lipinski definition) is 6. The van der Waals surface area contributed by atoms with Gasteiger partial charge in [0.25, 0.3) is 0 Å². The fraction of sp³-hybridized carbons (Fsp3) is 0.474. The van der Waals surface area contributed by atoms with Gasteiger partial charge in [-0.1, -0.05) is 17.3 Å². The van der Waals surface area contributed by atoms with E-state index < -0.39 is 0 Å². The summed E-state index contributed by atoms with van der Waals surface area (Å²) < 4.78 is 10.0. The number of hydrogen-bond donors (Lipinski definition) is 0.